The minimum absolute atomic E-state index is 0.498. The van der Waals surface area contributed by atoms with Crippen LogP contribution in [0.2, 0.25) is 0 Å². The van der Waals surface area contributed by atoms with Gasteiger partial charge in [0.1, 0.15) is 0 Å². The van der Waals surface area contributed by atoms with E-state index in [-0.39, 0.29) is 0 Å². The maximum atomic E-state index is 5.34. The van der Waals surface area contributed by atoms with Crippen molar-refractivity contribution in [2.75, 3.05) is 19.8 Å². The first-order chi connectivity index (χ1) is 7.67. The van der Waals surface area contributed by atoms with E-state index in [1.165, 1.54) is 38.5 Å². The van der Waals surface area contributed by atoms with Crippen molar-refractivity contribution in [2.45, 2.75) is 65.3 Å². The Hall–Kier alpha value is -0.0800. The third kappa shape index (κ3) is 4.84. The van der Waals surface area contributed by atoms with Gasteiger partial charge in [0.05, 0.1) is 0 Å². The zero-order valence-electron chi connectivity index (χ0n) is 11.3. The molecule has 0 bridgehead atoms. The predicted molar refractivity (Wildman–Crippen MR) is 69.8 cm³/mol. The topological polar surface area (TPSA) is 21.3 Å². The van der Waals surface area contributed by atoms with Crippen molar-refractivity contribution >= 4 is 0 Å². The molecule has 1 atom stereocenters. The molecule has 1 N–H and O–H groups in total. The average Bonchev–Trinajstić information content (AvgIpc) is 2.25. The van der Waals surface area contributed by atoms with Crippen molar-refractivity contribution in [3.63, 3.8) is 0 Å². The second kappa shape index (κ2) is 7.29. The molecule has 0 aromatic carbocycles. The van der Waals surface area contributed by atoms with E-state index in [2.05, 4.69) is 26.1 Å². The highest BCUT2D eigenvalue weighted by atomic mass is 16.5. The summed E-state index contributed by atoms with van der Waals surface area (Å²) < 4.78 is 5.34. The Kier molecular flexibility index (Phi) is 6.37. The number of rotatable bonds is 7. The Labute approximate surface area is 101 Å². The third-order valence-corrected chi connectivity index (χ3v) is 3.82. The Morgan fingerprint density at radius 1 is 1.25 bits per heavy atom. The van der Waals surface area contributed by atoms with Crippen LogP contribution in [0.15, 0.2) is 0 Å². The van der Waals surface area contributed by atoms with E-state index in [0.29, 0.717) is 5.41 Å². The highest BCUT2D eigenvalue weighted by Crippen LogP contribution is 2.35. The summed E-state index contributed by atoms with van der Waals surface area (Å²) >= 11 is 0. The molecule has 1 aliphatic rings. The summed E-state index contributed by atoms with van der Waals surface area (Å²) in [5, 5.41) is 3.73. The Bertz CT molecular complexity index is 180. The smallest absolute Gasteiger partial charge is 0.0466 e. The highest BCUT2D eigenvalue weighted by Gasteiger charge is 2.31. The molecule has 96 valence electrons. The lowest BCUT2D eigenvalue weighted by Gasteiger charge is -2.39. The normalized spacial score (nSPS) is 24.6. The van der Waals surface area contributed by atoms with E-state index in [9.17, 15) is 0 Å². The van der Waals surface area contributed by atoms with Crippen molar-refractivity contribution in [1.29, 1.82) is 0 Å². The highest BCUT2D eigenvalue weighted by molar-refractivity contribution is 4.87. The van der Waals surface area contributed by atoms with Gasteiger partial charge in [-0.25, -0.2) is 0 Å². The van der Waals surface area contributed by atoms with Crippen molar-refractivity contribution in [3.05, 3.63) is 0 Å². The second-order valence-corrected chi connectivity index (χ2v) is 5.65. The van der Waals surface area contributed by atoms with E-state index < -0.39 is 0 Å². The Balaban J connectivity index is 2.07. The van der Waals surface area contributed by atoms with Crippen LogP contribution in [0.4, 0.5) is 0 Å². The van der Waals surface area contributed by atoms with Gasteiger partial charge >= 0.3 is 0 Å². The van der Waals surface area contributed by atoms with Crippen LogP contribution < -0.4 is 5.32 Å². The van der Waals surface area contributed by atoms with E-state index in [4.69, 9.17) is 4.74 Å². The van der Waals surface area contributed by atoms with E-state index >= 15 is 0 Å². The molecule has 1 fully saturated rings. The van der Waals surface area contributed by atoms with Gasteiger partial charge in [-0.15, -0.1) is 0 Å². The standard InChI is InChI=1S/C14H29NO/c1-4-16-12-8-7-11-15-13-9-5-6-10-14(13,2)3/h13,15H,4-12H2,1-3H3. The van der Waals surface area contributed by atoms with Gasteiger partial charge in [0.2, 0.25) is 0 Å². The first kappa shape index (κ1) is 14.0. The number of unbranched alkanes of at least 4 members (excludes halogenated alkanes) is 1. The molecule has 1 aliphatic carbocycles. The van der Waals surface area contributed by atoms with Crippen molar-refractivity contribution in [1.82, 2.24) is 5.32 Å². The first-order valence-corrected chi connectivity index (χ1v) is 6.98. The summed E-state index contributed by atoms with van der Waals surface area (Å²) in [6, 6.07) is 0.730. The van der Waals surface area contributed by atoms with Crippen LogP contribution >= 0.6 is 0 Å². The molecule has 0 spiro atoms. The lowest BCUT2D eigenvalue weighted by Crippen LogP contribution is -2.44. The molecule has 0 aromatic heterocycles. The van der Waals surface area contributed by atoms with Gasteiger partial charge in [0, 0.05) is 19.3 Å². The van der Waals surface area contributed by atoms with Crippen molar-refractivity contribution in [3.8, 4) is 0 Å². The van der Waals surface area contributed by atoms with E-state index in [1.54, 1.807) is 0 Å². The molecule has 1 rings (SSSR count). The van der Waals surface area contributed by atoms with Gasteiger partial charge in [-0.05, 0) is 44.6 Å². The number of ether oxygens (including phenoxy) is 1. The maximum Gasteiger partial charge on any atom is 0.0466 e. The fraction of sp³-hybridized carbons (Fsp3) is 1.00. The van der Waals surface area contributed by atoms with Gasteiger partial charge in [-0.3, -0.25) is 0 Å². The number of hydrogen-bond donors (Lipinski definition) is 1. The van der Waals surface area contributed by atoms with Crippen LogP contribution in [-0.2, 0) is 4.74 Å². The molecule has 16 heavy (non-hydrogen) atoms. The molecule has 2 heteroatoms. The summed E-state index contributed by atoms with van der Waals surface area (Å²) in [4.78, 5) is 0. The predicted octanol–water partition coefficient (Wildman–Crippen LogP) is 3.36. The largest absolute Gasteiger partial charge is 0.382 e. The summed E-state index contributed by atoms with van der Waals surface area (Å²) in [6.07, 6.45) is 7.98. The molecule has 1 unspecified atom stereocenters. The van der Waals surface area contributed by atoms with Crippen molar-refractivity contribution in [2.24, 2.45) is 5.41 Å². The van der Waals surface area contributed by atoms with Gasteiger partial charge in [0.15, 0.2) is 0 Å². The quantitative estimate of drug-likeness (QED) is 0.673. The molecule has 0 saturated heterocycles. The van der Waals surface area contributed by atoms with Crippen LogP contribution in [0.3, 0.4) is 0 Å². The molecule has 0 aromatic rings. The van der Waals surface area contributed by atoms with Gasteiger partial charge in [-0.1, -0.05) is 26.7 Å². The Morgan fingerprint density at radius 3 is 2.75 bits per heavy atom. The molecule has 0 amide bonds. The zero-order chi connectivity index (χ0) is 11.9. The van der Waals surface area contributed by atoms with Crippen LogP contribution in [0.5, 0.6) is 0 Å². The minimum atomic E-state index is 0.498. The Morgan fingerprint density at radius 2 is 2.06 bits per heavy atom. The molecular weight excluding hydrogens is 198 g/mol. The minimum Gasteiger partial charge on any atom is -0.382 e. The molecule has 0 heterocycles. The van der Waals surface area contributed by atoms with E-state index in [1.807, 2.05) is 0 Å². The SMILES string of the molecule is CCOCCCCNC1CCCCC1(C)C. The lowest BCUT2D eigenvalue weighted by molar-refractivity contribution is 0.139. The molecular formula is C14H29NO. The average molecular weight is 227 g/mol. The fourth-order valence-corrected chi connectivity index (χ4v) is 2.62. The zero-order valence-corrected chi connectivity index (χ0v) is 11.3. The van der Waals surface area contributed by atoms with Crippen LogP contribution in [-0.4, -0.2) is 25.8 Å². The lowest BCUT2D eigenvalue weighted by atomic mass is 9.73. The first-order valence-electron chi connectivity index (χ1n) is 6.98. The molecule has 1 saturated carbocycles. The van der Waals surface area contributed by atoms with Gasteiger partial charge < -0.3 is 10.1 Å². The summed E-state index contributed by atoms with van der Waals surface area (Å²) in [5.41, 5.74) is 0.498. The van der Waals surface area contributed by atoms with Crippen LogP contribution in [0.1, 0.15) is 59.3 Å². The third-order valence-electron chi connectivity index (χ3n) is 3.82. The number of hydrogen-bond acceptors (Lipinski definition) is 2. The molecule has 0 radical (unpaired) electrons. The van der Waals surface area contributed by atoms with E-state index in [0.717, 1.165) is 25.8 Å². The summed E-state index contributed by atoms with van der Waals surface area (Å²) in [6.45, 7) is 9.80. The second-order valence-electron chi connectivity index (χ2n) is 5.65. The van der Waals surface area contributed by atoms with Gasteiger partial charge in [-0.2, -0.15) is 0 Å². The molecule has 0 aliphatic heterocycles. The summed E-state index contributed by atoms with van der Waals surface area (Å²) in [5.74, 6) is 0. The summed E-state index contributed by atoms with van der Waals surface area (Å²) in [7, 11) is 0. The van der Waals surface area contributed by atoms with Crippen LogP contribution in [0.25, 0.3) is 0 Å². The van der Waals surface area contributed by atoms with Crippen LogP contribution in [0, 0.1) is 5.41 Å². The monoisotopic (exact) mass is 227 g/mol. The van der Waals surface area contributed by atoms with Gasteiger partial charge in [0.25, 0.3) is 0 Å². The fourth-order valence-electron chi connectivity index (χ4n) is 2.62. The van der Waals surface area contributed by atoms with Crippen molar-refractivity contribution < 1.29 is 4.74 Å². The number of nitrogens with one attached hydrogen (secondary N) is 1. The maximum absolute atomic E-state index is 5.34. The molecule has 2 nitrogen and oxygen atoms in total.